The van der Waals surface area contributed by atoms with Crippen LogP contribution in [0.2, 0.25) is 0 Å². The molecule has 1 aliphatic carbocycles. The first-order chi connectivity index (χ1) is 9.53. The van der Waals surface area contributed by atoms with Crippen molar-refractivity contribution in [2.75, 3.05) is 5.32 Å². The van der Waals surface area contributed by atoms with E-state index in [-0.39, 0.29) is 0 Å². The molecule has 0 radical (unpaired) electrons. The van der Waals surface area contributed by atoms with Gasteiger partial charge in [0.2, 0.25) is 5.95 Å². The highest BCUT2D eigenvalue weighted by molar-refractivity contribution is 5.88. The molecule has 0 amide bonds. The van der Waals surface area contributed by atoms with Gasteiger partial charge >= 0.3 is 0 Å². The van der Waals surface area contributed by atoms with Gasteiger partial charge < -0.3 is 5.32 Å². The average Bonchev–Trinajstić information content (AvgIpc) is 2.42. The Morgan fingerprint density at radius 3 is 2.70 bits per heavy atom. The number of halogens is 1. The van der Waals surface area contributed by atoms with Crippen LogP contribution in [0.5, 0.6) is 0 Å². The molecule has 2 heterocycles. The summed E-state index contributed by atoms with van der Waals surface area (Å²) in [7, 11) is 0. The lowest BCUT2D eigenvalue weighted by molar-refractivity contribution is 0.232. The van der Waals surface area contributed by atoms with Crippen molar-refractivity contribution in [1.82, 2.24) is 15.0 Å². The van der Waals surface area contributed by atoms with E-state index in [1.165, 1.54) is 31.4 Å². The van der Waals surface area contributed by atoms with Crippen molar-refractivity contribution in [1.29, 1.82) is 0 Å². The van der Waals surface area contributed by atoms with Gasteiger partial charge in [-0.2, -0.15) is 4.39 Å². The fraction of sp³-hybridized carbons (Fsp3) is 0.533. The summed E-state index contributed by atoms with van der Waals surface area (Å²) in [5.74, 6) is 0.209. The number of pyridine rings is 1. The molecule has 0 atom stereocenters. The van der Waals surface area contributed by atoms with Gasteiger partial charge in [0.05, 0.1) is 11.7 Å². The summed E-state index contributed by atoms with van der Waals surface area (Å²) in [4.78, 5) is 12.0. The van der Waals surface area contributed by atoms with Gasteiger partial charge in [0, 0.05) is 17.5 Å². The lowest BCUT2D eigenvalue weighted by Gasteiger charge is -2.34. The van der Waals surface area contributed by atoms with Gasteiger partial charge in [-0.15, -0.1) is 0 Å². The largest absolute Gasteiger partial charge is 0.367 e. The first kappa shape index (κ1) is 13.2. The lowest BCUT2D eigenvalue weighted by Crippen LogP contribution is -2.30. The van der Waals surface area contributed by atoms with Gasteiger partial charge in [0.25, 0.3) is 0 Å². The van der Waals surface area contributed by atoms with E-state index in [2.05, 4.69) is 34.1 Å². The molecule has 1 saturated carbocycles. The van der Waals surface area contributed by atoms with Gasteiger partial charge in [-0.3, -0.25) is 0 Å². The van der Waals surface area contributed by atoms with E-state index in [9.17, 15) is 4.39 Å². The van der Waals surface area contributed by atoms with Crippen LogP contribution in [-0.4, -0.2) is 21.0 Å². The third-order valence-corrected chi connectivity index (χ3v) is 4.17. The van der Waals surface area contributed by atoms with Crippen LogP contribution in [0, 0.1) is 11.4 Å². The second-order valence-corrected chi connectivity index (χ2v) is 6.33. The summed E-state index contributed by atoms with van der Waals surface area (Å²) in [5.41, 5.74) is 1.10. The molecule has 0 bridgehead atoms. The molecule has 2 aromatic rings. The minimum absolute atomic E-state index is 0.400. The minimum Gasteiger partial charge on any atom is -0.367 e. The van der Waals surface area contributed by atoms with Gasteiger partial charge in [-0.05, 0) is 31.1 Å². The second-order valence-electron chi connectivity index (χ2n) is 6.33. The first-order valence-corrected chi connectivity index (χ1v) is 7.06. The van der Waals surface area contributed by atoms with E-state index in [4.69, 9.17) is 0 Å². The molecular weight excluding hydrogens is 255 g/mol. The highest BCUT2D eigenvalue weighted by Gasteiger charge is 2.27. The summed E-state index contributed by atoms with van der Waals surface area (Å²) >= 11 is 0. The average molecular weight is 274 g/mol. The van der Waals surface area contributed by atoms with Crippen molar-refractivity contribution in [2.24, 2.45) is 5.41 Å². The molecule has 1 aliphatic rings. The highest BCUT2D eigenvalue weighted by atomic mass is 19.1. The number of anilines is 1. The van der Waals surface area contributed by atoms with E-state index in [0.29, 0.717) is 28.2 Å². The normalized spacial score (nSPS) is 19.1. The number of nitrogens with one attached hydrogen (secondary N) is 1. The molecule has 1 fully saturated rings. The second kappa shape index (κ2) is 4.96. The quantitative estimate of drug-likeness (QED) is 0.851. The Morgan fingerprint density at radius 1 is 1.20 bits per heavy atom. The van der Waals surface area contributed by atoms with Crippen molar-refractivity contribution in [3.63, 3.8) is 0 Å². The molecule has 20 heavy (non-hydrogen) atoms. The summed E-state index contributed by atoms with van der Waals surface area (Å²) in [5, 5.41) is 4.14. The maximum atomic E-state index is 13.3. The Balaban J connectivity index is 1.83. The van der Waals surface area contributed by atoms with Crippen LogP contribution < -0.4 is 5.32 Å². The number of rotatable bonds is 2. The van der Waals surface area contributed by atoms with E-state index < -0.39 is 5.95 Å². The monoisotopic (exact) mass is 274 g/mol. The molecule has 4 nitrogen and oxygen atoms in total. The molecule has 1 N–H and O–H groups in total. The van der Waals surface area contributed by atoms with Crippen molar-refractivity contribution < 1.29 is 4.39 Å². The van der Waals surface area contributed by atoms with E-state index in [1.807, 2.05) is 0 Å². The Labute approximate surface area is 117 Å². The van der Waals surface area contributed by atoms with Crippen LogP contribution in [0.25, 0.3) is 10.9 Å². The van der Waals surface area contributed by atoms with Crippen LogP contribution >= 0.6 is 0 Å². The zero-order valence-corrected chi connectivity index (χ0v) is 11.9. The summed E-state index contributed by atoms with van der Waals surface area (Å²) in [6.07, 6.45) is 7.57. The Bertz CT molecular complexity index is 616. The fourth-order valence-corrected chi connectivity index (χ4v) is 2.79. The predicted molar refractivity (Wildman–Crippen MR) is 77.0 cm³/mol. The maximum Gasteiger partial charge on any atom is 0.213 e. The van der Waals surface area contributed by atoms with E-state index >= 15 is 0 Å². The van der Waals surface area contributed by atoms with Gasteiger partial charge in [0.15, 0.2) is 0 Å². The Hall–Kier alpha value is -1.78. The number of aromatic nitrogens is 3. The van der Waals surface area contributed by atoms with E-state index in [0.717, 1.165) is 12.8 Å². The maximum absolute atomic E-state index is 13.3. The number of hydrogen-bond acceptors (Lipinski definition) is 4. The lowest BCUT2D eigenvalue weighted by atomic mass is 9.75. The van der Waals surface area contributed by atoms with Crippen molar-refractivity contribution in [2.45, 2.75) is 45.6 Å². The molecule has 0 aromatic carbocycles. The molecule has 106 valence electrons. The van der Waals surface area contributed by atoms with Crippen LogP contribution in [-0.2, 0) is 0 Å². The van der Waals surface area contributed by atoms with Crippen LogP contribution in [0.1, 0.15) is 39.5 Å². The third-order valence-electron chi connectivity index (χ3n) is 4.17. The molecule has 0 spiro atoms. The summed E-state index contributed by atoms with van der Waals surface area (Å²) in [6, 6.07) is 1.79. The summed E-state index contributed by atoms with van der Waals surface area (Å²) in [6.45, 7) is 4.62. The molecule has 0 unspecified atom stereocenters. The minimum atomic E-state index is -0.500. The zero-order chi connectivity index (χ0) is 14.2. The Kier molecular flexibility index (Phi) is 3.28. The first-order valence-electron chi connectivity index (χ1n) is 7.06. The van der Waals surface area contributed by atoms with Crippen LogP contribution in [0.4, 0.5) is 10.2 Å². The highest BCUT2D eigenvalue weighted by Crippen LogP contribution is 2.36. The predicted octanol–water partition coefficient (Wildman–Crippen LogP) is 3.54. The molecular formula is C15H19FN4. The number of fused-ring (bicyclic) bond motifs is 1. The smallest absolute Gasteiger partial charge is 0.213 e. The van der Waals surface area contributed by atoms with Crippen molar-refractivity contribution in [3.05, 3.63) is 24.5 Å². The topological polar surface area (TPSA) is 50.7 Å². The molecule has 0 aliphatic heterocycles. The third kappa shape index (κ3) is 2.71. The molecule has 0 saturated heterocycles. The van der Waals surface area contributed by atoms with Gasteiger partial charge in [0.1, 0.15) is 12.1 Å². The van der Waals surface area contributed by atoms with Crippen LogP contribution in [0.3, 0.4) is 0 Å². The van der Waals surface area contributed by atoms with Crippen molar-refractivity contribution in [3.8, 4) is 0 Å². The van der Waals surface area contributed by atoms with Crippen LogP contribution in [0.15, 0.2) is 18.6 Å². The van der Waals surface area contributed by atoms with E-state index in [1.54, 1.807) is 0 Å². The number of nitrogens with zero attached hydrogens (tertiary/aromatic N) is 3. The Morgan fingerprint density at radius 2 is 1.95 bits per heavy atom. The SMILES string of the molecule is CC1(C)CCC(Nc2ncnc3cnc(F)cc23)CC1. The molecule has 5 heteroatoms. The molecule has 3 rings (SSSR count). The van der Waals surface area contributed by atoms with Gasteiger partial charge in [-0.1, -0.05) is 13.8 Å². The number of hydrogen-bond donors (Lipinski definition) is 1. The molecule has 2 aromatic heterocycles. The zero-order valence-electron chi connectivity index (χ0n) is 11.9. The van der Waals surface area contributed by atoms with Gasteiger partial charge in [-0.25, -0.2) is 15.0 Å². The standard InChI is InChI=1S/C15H19FN4/c1-15(2)5-3-10(4-6-15)20-14-11-7-13(16)17-8-12(11)18-9-19-14/h7-10H,3-6H2,1-2H3,(H,18,19,20). The van der Waals surface area contributed by atoms with Crippen molar-refractivity contribution >= 4 is 16.7 Å². The summed E-state index contributed by atoms with van der Waals surface area (Å²) < 4.78 is 13.3. The fourth-order valence-electron chi connectivity index (χ4n) is 2.79.